The quantitative estimate of drug-likeness (QED) is 0.175. The normalized spacial score (nSPS) is 12.6. The molecule has 0 aromatic heterocycles. The smallest absolute Gasteiger partial charge is 0.446 e. The summed E-state index contributed by atoms with van der Waals surface area (Å²) in [6, 6.07) is 8.92. The van der Waals surface area contributed by atoms with Crippen LogP contribution in [0.15, 0.2) is 47.4 Å². The summed E-state index contributed by atoms with van der Waals surface area (Å²) in [5.74, 6) is -0.254. The summed E-state index contributed by atoms with van der Waals surface area (Å²) >= 11 is -0.226. The van der Waals surface area contributed by atoms with Gasteiger partial charge in [-0.2, -0.15) is 13.2 Å². The molecule has 2 aromatic rings. The predicted molar refractivity (Wildman–Crippen MR) is 128 cm³/mol. The summed E-state index contributed by atoms with van der Waals surface area (Å²) in [7, 11) is 0. The Kier molecular flexibility index (Phi) is 8.30. The lowest BCUT2D eigenvalue weighted by Gasteiger charge is -2.30. The zero-order chi connectivity index (χ0) is 25.9. The number of halogens is 3. The van der Waals surface area contributed by atoms with Crippen LogP contribution in [0.1, 0.15) is 61.7 Å². The van der Waals surface area contributed by atoms with Crippen LogP contribution in [0.5, 0.6) is 5.75 Å². The summed E-state index contributed by atoms with van der Waals surface area (Å²) in [6.07, 6.45) is 2.99. The lowest BCUT2D eigenvalue weighted by molar-refractivity contribution is -0.171. The van der Waals surface area contributed by atoms with Gasteiger partial charge in [-0.1, -0.05) is 6.08 Å². The fraction of sp³-hybridized carbons (Fsp3) is 0.385. The van der Waals surface area contributed by atoms with E-state index < -0.39 is 22.7 Å². The van der Waals surface area contributed by atoms with Crippen LogP contribution in [0, 0.1) is 13.8 Å². The zero-order valence-corrected chi connectivity index (χ0v) is 21.1. The Morgan fingerprint density at radius 3 is 1.91 bits per heavy atom. The molecule has 34 heavy (non-hydrogen) atoms. The number of ether oxygens (including phenoxy) is 2. The van der Waals surface area contributed by atoms with Crippen LogP contribution in [0.25, 0.3) is 6.08 Å². The van der Waals surface area contributed by atoms with Crippen molar-refractivity contribution in [2.75, 3.05) is 0 Å². The van der Waals surface area contributed by atoms with Gasteiger partial charge in [-0.25, -0.2) is 4.79 Å². The van der Waals surface area contributed by atoms with Gasteiger partial charge in [0, 0.05) is 10.5 Å². The highest BCUT2D eigenvalue weighted by molar-refractivity contribution is 8.00. The average Bonchev–Trinajstić information content (AvgIpc) is 2.67. The molecule has 0 amide bonds. The number of thioether (sulfide) groups is 1. The number of allylic oxidation sites excluding steroid dienone is 1. The van der Waals surface area contributed by atoms with Gasteiger partial charge >= 0.3 is 11.5 Å². The Balaban J connectivity index is 2.15. The first-order valence-corrected chi connectivity index (χ1v) is 11.4. The van der Waals surface area contributed by atoms with Crippen molar-refractivity contribution in [2.24, 2.45) is 0 Å². The van der Waals surface area contributed by atoms with Crippen molar-refractivity contribution in [1.82, 2.24) is 0 Å². The number of esters is 1. The predicted octanol–water partition coefficient (Wildman–Crippen LogP) is 7.31. The molecule has 0 aliphatic carbocycles. The molecular weight excluding hydrogens is 465 g/mol. The van der Waals surface area contributed by atoms with Crippen LogP contribution in [0.3, 0.4) is 0 Å². The number of carbonyl (C=O) groups is 2. The van der Waals surface area contributed by atoms with Crippen molar-refractivity contribution >= 4 is 29.6 Å². The van der Waals surface area contributed by atoms with Gasteiger partial charge in [0.1, 0.15) is 11.4 Å². The second-order valence-corrected chi connectivity index (χ2v) is 10.5. The van der Waals surface area contributed by atoms with Gasteiger partial charge in [-0.15, -0.1) is 0 Å². The van der Waals surface area contributed by atoms with Gasteiger partial charge in [0.15, 0.2) is 11.4 Å². The van der Waals surface area contributed by atoms with E-state index in [0.29, 0.717) is 5.75 Å². The zero-order valence-electron chi connectivity index (χ0n) is 20.3. The fourth-order valence-corrected chi connectivity index (χ4v) is 3.57. The first-order valence-electron chi connectivity index (χ1n) is 10.6. The van der Waals surface area contributed by atoms with Crippen LogP contribution < -0.4 is 4.74 Å². The van der Waals surface area contributed by atoms with Crippen molar-refractivity contribution in [1.29, 1.82) is 0 Å². The number of carbonyl (C=O) groups excluding carboxylic acids is 2. The number of hydrogen-bond donors (Lipinski definition) is 0. The molecule has 0 saturated heterocycles. The van der Waals surface area contributed by atoms with E-state index in [2.05, 4.69) is 0 Å². The molecule has 2 rings (SSSR count). The molecule has 0 aliphatic heterocycles. The lowest BCUT2D eigenvalue weighted by atomic mass is 10.0. The maximum absolute atomic E-state index is 12.5. The highest BCUT2D eigenvalue weighted by atomic mass is 32.2. The summed E-state index contributed by atoms with van der Waals surface area (Å²) in [5, 5.41) is 0. The third-order valence-corrected chi connectivity index (χ3v) is 5.27. The topological polar surface area (TPSA) is 52.6 Å². The molecule has 0 N–H and O–H groups in total. The molecule has 0 bridgehead atoms. The first-order chi connectivity index (χ1) is 15.5. The standard InChI is InChI=1S/C26H29F3O4S/c1-16-14-18(8-13-21(30)19-9-11-20(12-10-19)34-26(27,28)29)15-17(2)22(16)32-25(6,7)23(31)33-24(3,4)5/h8-15H,1-7H3/b13-8+. The van der Waals surface area contributed by atoms with E-state index in [-0.39, 0.29) is 28.0 Å². The van der Waals surface area contributed by atoms with Crippen molar-refractivity contribution in [3.8, 4) is 5.75 Å². The molecule has 0 spiro atoms. The van der Waals surface area contributed by atoms with E-state index in [9.17, 15) is 22.8 Å². The van der Waals surface area contributed by atoms with E-state index in [4.69, 9.17) is 9.47 Å². The Bertz CT molecular complexity index is 1060. The molecule has 4 nitrogen and oxygen atoms in total. The van der Waals surface area contributed by atoms with Crippen molar-refractivity contribution in [3.05, 3.63) is 64.7 Å². The lowest BCUT2D eigenvalue weighted by Crippen LogP contribution is -2.43. The van der Waals surface area contributed by atoms with Crippen LogP contribution in [0.4, 0.5) is 13.2 Å². The van der Waals surface area contributed by atoms with E-state index in [1.807, 2.05) is 26.0 Å². The molecule has 0 atom stereocenters. The van der Waals surface area contributed by atoms with E-state index in [1.54, 1.807) is 40.7 Å². The van der Waals surface area contributed by atoms with Crippen LogP contribution in [0.2, 0.25) is 0 Å². The number of aryl methyl sites for hydroxylation is 2. The monoisotopic (exact) mass is 494 g/mol. The number of rotatable bonds is 7. The van der Waals surface area contributed by atoms with Crippen LogP contribution in [-0.4, -0.2) is 28.5 Å². The van der Waals surface area contributed by atoms with Gasteiger partial charge in [0.05, 0.1) is 0 Å². The third kappa shape index (κ3) is 8.24. The maximum atomic E-state index is 12.5. The number of alkyl halides is 3. The molecular formula is C26H29F3O4S. The molecule has 0 heterocycles. The number of ketones is 1. The second-order valence-electron chi connectivity index (χ2n) is 9.37. The molecule has 8 heteroatoms. The highest BCUT2D eigenvalue weighted by Crippen LogP contribution is 2.36. The SMILES string of the molecule is Cc1cc(/C=C/C(=O)c2ccc(SC(F)(F)F)cc2)cc(C)c1OC(C)(C)C(=O)OC(C)(C)C. The van der Waals surface area contributed by atoms with E-state index in [1.165, 1.54) is 30.3 Å². The number of hydrogen-bond acceptors (Lipinski definition) is 5. The minimum Gasteiger partial charge on any atom is -0.476 e. The molecule has 0 fully saturated rings. The van der Waals surface area contributed by atoms with Crippen molar-refractivity contribution in [2.45, 2.75) is 70.1 Å². The Morgan fingerprint density at radius 1 is 0.912 bits per heavy atom. The Hall–Kier alpha value is -2.74. The van der Waals surface area contributed by atoms with E-state index in [0.717, 1.165) is 16.7 Å². The minimum atomic E-state index is -4.38. The molecule has 2 aromatic carbocycles. The van der Waals surface area contributed by atoms with Crippen molar-refractivity contribution in [3.63, 3.8) is 0 Å². The fourth-order valence-electron chi connectivity index (χ4n) is 3.03. The molecule has 184 valence electrons. The van der Waals surface area contributed by atoms with Gasteiger partial charge < -0.3 is 9.47 Å². The largest absolute Gasteiger partial charge is 0.476 e. The second kappa shape index (κ2) is 10.3. The highest BCUT2D eigenvalue weighted by Gasteiger charge is 2.35. The van der Waals surface area contributed by atoms with Crippen LogP contribution >= 0.6 is 11.8 Å². The summed E-state index contributed by atoms with van der Waals surface area (Å²) in [6.45, 7) is 12.3. The van der Waals surface area contributed by atoms with Gasteiger partial charge in [-0.3, -0.25) is 4.79 Å². The number of benzene rings is 2. The van der Waals surface area contributed by atoms with Gasteiger partial charge in [-0.05, 0) is 119 Å². The Labute approximate surface area is 202 Å². The van der Waals surface area contributed by atoms with Gasteiger partial charge in [0.2, 0.25) is 0 Å². The first kappa shape index (κ1) is 27.5. The Morgan fingerprint density at radius 2 is 1.44 bits per heavy atom. The summed E-state index contributed by atoms with van der Waals surface area (Å²) in [4.78, 5) is 25.0. The summed E-state index contributed by atoms with van der Waals surface area (Å²) in [5.41, 5.74) is -3.63. The van der Waals surface area contributed by atoms with E-state index >= 15 is 0 Å². The van der Waals surface area contributed by atoms with Crippen molar-refractivity contribution < 1.29 is 32.2 Å². The molecule has 0 saturated carbocycles. The molecule has 0 unspecified atom stereocenters. The molecule has 0 radical (unpaired) electrons. The average molecular weight is 495 g/mol. The molecule has 0 aliphatic rings. The van der Waals surface area contributed by atoms with Crippen LogP contribution in [-0.2, 0) is 9.53 Å². The third-order valence-electron chi connectivity index (χ3n) is 4.53. The van der Waals surface area contributed by atoms with Gasteiger partial charge in [0.25, 0.3) is 0 Å². The summed E-state index contributed by atoms with van der Waals surface area (Å²) < 4.78 is 48.8. The maximum Gasteiger partial charge on any atom is 0.446 e. The minimum absolute atomic E-state index is 0.0178.